The van der Waals surface area contributed by atoms with Crippen LogP contribution in [0.4, 0.5) is 0 Å². The molecule has 0 saturated carbocycles. The first-order valence-corrected chi connectivity index (χ1v) is 7.12. The van der Waals surface area contributed by atoms with Crippen LogP contribution in [0.15, 0.2) is 47.0 Å². The molecule has 1 N–H and O–H groups in total. The summed E-state index contributed by atoms with van der Waals surface area (Å²) >= 11 is 0. The van der Waals surface area contributed by atoms with Gasteiger partial charge in [-0.25, -0.2) is 0 Å². The number of phenols is 1. The monoisotopic (exact) mass is 313 g/mol. The lowest BCUT2D eigenvalue weighted by Crippen LogP contribution is -1.87. The van der Waals surface area contributed by atoms with Gasteiger partial charge in [-0.3, -0.25) is 0 Å². The van der Waals surface area contributed by atoms with E-state index in [1.807, 2.05) is 31.2 Å². The molecule has 0 amide bonds. The smallest absolute Gasteiger partial charge is 0.178 e. The molecular weight excluding hydrogens is 294 g/mol. The predicted octanol–water partition coefficient (Wildman–Crippen LogP) is 4.29. The van der Waals surface area contributed by atoms with Crippen LogP contribution in [0, 0.1) is 6.92 Å². The Bertz CT molecular complexity index is 828. The van der Waals surface area contributed by atoms with Gasteiger partial charge in [0.25, 0.3) is 0 Å². The van der Waals surface area contributed by atoms with Crippen LogP contribution in [0.5, 0.6) is 17.2 Å². The molecule has 23 heavy (non-hydrogen) atoms. The zero-order valence-corrected chi connectivity index (χ0v) is 13.2. The molecule has 3 aromatic rings. The van der Waals surface area contributed by atoms with Crippen molar-refractivity contribution in [3.05, 3.63) is 48.2 Å². The lowest BCUT2D eigenvalue weighted by atomic mass is 9.99. The van der Waals surface area contributed by atoms with Gasteiger partial charge in [0.1, 0.15) is 17.2 Å². The average molecular weight is 313 g/mol. The molecule has 0 saturated heterocycles. The molecule has 0 aliphatic heterocycles. The van der Waals surface area contributed by atoms with E-state index < -0.39 is 0 Å². The maximum Gasteiger partial charge on any atom is 0.178 e. The quantitative estimate of drug-likeness (QED) is 0.778. The average Bonchev–Trinajstić information content (AvgIpc) is 2.96. The molecule has 1 aromatic heterocycles. The molecule has 3 rings (SSSR count). The van der Waals surface area contributed by atoms with E-state index in [9.17, 15) is 5.11 Å². The van der Waals surface area contributed by atoms with Crippen LogP contribution in [-0.2, 0) is 0 Å². The summed E-state index contributed by atoms with van der Waals surface area (Å²) in [6.45, 7) is 1.87. The lowest BCUT2D eigenvalue weighted by molar-refractivity contribution is 0.405. The fourth-order valence-electron chi connectivity index (χ4n) is 2.48. The molecule has 0 aliphatic rings. The first kappa shape index (κ1) is 15.0. The van der Waals surface area contributed by atoms with Gasteiger partial charge in [-0.05, 0) is 36.8 Å². The van der Waals surface area contributed by atoms with Crippen LogP contribution >= 0.6 is 0 Å². The highest BCUT2D eigenvalue weighted by atomic mass is 16.5. The molecule has 120 valence electrons. The molecule has 0 aliphatic carbocycles. The summed E-state index contributed by atoms with van der Waals surface area (Å²) in [5, 5.41) is 14.3. The Kier molecular flexibility index (Phi) is 3.93. The van der Waals surface area contributed by atoms with Crippen LogP contribution in [0.1, 0.15) is 7.12 Å². The van der Waals surface area contributed by atoms with Crippen molar-refractivity contribution in [3.8, 4) is 39.7 Å². The van der Waals surface area contributed by atoms with Crippen LogP contribution in [0.25, 0.3) is 22.5 Å². The lowest BCUT2D eigenvalue weighted by Gasteiger charge is -2.07. The van der Waals surface area contributed by atoms with Gasteiger partial charge in [0, 0.05) is 7.49 Å². The van der Waals surface area contributed by atoms with Gasteiger partial charge in [0.05, 0.1) is 31.0 Å². The van der Waals surface area contributed by atoms with Crippen molar-refractivity contribution in [1.82, 2.24) is 5.16 Å². The fourth-order valence-corrected chi connectivity index (χ4v) is 2.48. The van der Waals surface area contributed by atoms with Crippen LogP contribution < -0.4 is 9.47 Å². The first-order valence-electron chi connectivity index (χ1n) is 7.12. The van der Waals surface area contributed by atoms with Crippen LogP contribution in [0.3, 0.4) is 0 Å². The van der Waals surface area contributed by atoms with Gasteiger partial charge in [0.2, 0.25) is 0 Å². The van der Waals surface area contributed by atoms with E-state index >= 15 is 0 Å². The molecule has 1 heterocycles. The highest BCUT2D eigenvalue weighted by molar-refractivity contribution is 5.84. The number of methoxy groups -OCH3 is 2. The van der Waals surface area contributed by atoms with E-state index in [-0.39, 0.29) is 7.18 Å². The van der Waals surface area contributed by atoms with Crippen LogP contribution in [-0.4, -0.2) is 24.5 Å². The molecule has 2 aromatic carbocycles. The van der Waals surface area contributed by atoms with Gasteiger partial charge in [-0.2, -0.15) is 0 Å². The summed E-state index contributed by atoms with van der Waals surface area (Å²) < 4.78 is 15.8. The van der Waals surface area contributed by atoms with Crippen molar-refractivity contribution in [1.29, 1.82) is 0 Å². The summed E-state index contributed by atoms with van der Waals surface area (Å²) in [5.41, 5.74) is 3.10. The fraction of sp³-hybridized carbons (Fsp3) is 0.167. The number of aromatic hydroxyl groups is 1. The zero-order chi connectivity index (χ0) is 16.4. The maximum atomic E-state index is 10.3. The largest absolute Gasteiger partial charge is 0.507 e. The summed E-state index contributed by atoms with van der Waals surface area (Å²) in [5.74, 6) is 1.95. The summed E-state index contributed by atoms with van der Waals surface area (Å²) in [7, 11) is 3.18. The number of aryl methyl sites for hydroxylation is 1. The maximum absolute atomic E-state index is 10.3. The molecule has 0 atom stereocenters. The second kappa shape index (κ2) is 6.04. The summed E-state index contributed by atoms with van der Waals surface area (Å²) in [6, 6.07) is 12.7. The van der Waals surface area contributed by atoms with Gasteiger partial charge >= 0.3 is 0 Å². The Morgan fingerprint density at radius 2 is 1.65 bits per heavy atom. The van der Waals surface area contributed by atoms with E-state index in [4.69, 9.17) is 14.0 Å². The third-order valence-corrected chi connectivity index (χ3v) is 3.69. The normalized spacial score (nSPS) is 10.6. The number of phenolic OH excluding ortho intramolecular Hbond substituents is 1. The number of ether oxygens (including phenoxy) is 2. The number of hydrogen-bond acceptors (Lipinski definition) is 5. The van der Waals surface area contributed by atoms with E-state index in [1.165, 1.54) is 0 Å². The second-order valence-electron chi connectivity index (χ2n) is 5.08. The molecular formula is C18H19NO4. The minimum Gasteiger partial charge on any atom is -0.507 e. The number of benzene rings is 2. The first-order chi connectivity index (χ1) is 11.1. The van der Waals surface area contributed by atoms with Crippen molar-refractivity contribution in [3.63, 3.8) is 0 Å². The number of nitrogens with zero attached hydrogens (tertiary/aromatic N) is 1. The zero-order valence-electron chi connectivity index (χ0n) is 13.2. The van der Waals surface area contributed by atoms with E-state index in [1.54, 1.807) is 32.4 Å². The molecule has 0 bridgehead atoms. The Balaban J connectivity index is 0.00000208. The van der Waals surface area contributed by atoms with Gasteiger partial charge in [-0.15, -0.1) is 0 Å². The van der Waals surface area contributed by atoms with Gasteiger partial charge < -0.3 is 19.1 Å². The molecule has 0 fully saturated rings. The Morgan fingerprint density at radius 3 is 2.26 bits per heavy atom. The molecule has 0 spiro atoms. The topological polar surface area (TPSA) is 64.7 Å². The minimum absolute atomic E-state index is 0. The van der Waals surface area contributed by atoms with E-state index in [0.717, 1.165) is 22.6 Å². The van der Waals surface area contributed by atoms with Crippen LogP contribution in [0.2, 0.25) is 0 Å². The van der Waals surface area contributed by atoms with Crippen molar-refractivity contribution in [2.24, 2.45) is 0 Å². The summed E-state index contributed by atoms with van der Waals surface area (Å²) in [4.78, 5) is 0. The molecule has 0 unspecified atom stereocenters. The number of aromatic nitrogens is 1. The van der Waals surface area contributed by atoms with Crippen molar-refractivity contribution in [2.75, 3.05) is 14.2 Å². The number of rotatable bonds is 4. The Hall–Kier alpha value is -2.95. The Labute approximate surface area is 135 Å². The minimum atomic E-state index is 0. The molecule has 5 heteroatoms. The molecule has 0 radical (unpaired) electrons. The highest BCUT2D eigenvalue weighted by Crippen LogP contribution is 2.40. The van der Waals surface area contributed by atoms with E-state index in [0.29, 0.717) is 17.1 Å². The third kappa shape index (κ3) is 2.73. The van der Waals surface area contributed by atoms with Crippen molar-refractivity contribution < 1.29 is 20.5 Å². The second-order valence-corrected chi connectivity index (χ2v) is 5.08. The van der Waals surface area contributed by atoms with E-state index in [2.05, 4.69) is 5.16 Å². The SMILES string of the molecule is COc1ccc(-c2c(C)noc2-c2ccc(OC)cc2O)cc1.[HH]. The van der Waals surface area contributed by atoms with Crippen molar-refractivity contribution in [2.45, 2.75) is 6.92 Å². The standard InChI is InChI=1S/C18H17NO4.H2/c1-11-17(12-4-6-13(21-2)7-5-12)18(23-19-11)15-9-8-14(22-3)10-16(15)20;/h4-10,20H,1-3H3;1H. The third-order valence-electron chi connectivity index (χ3n) is 3.69. The van der Waals surface area contributed by atoms with Gasteiger partial charge in [-0.1, -0.05) is 17.3 Å². The Morgan fingerprint density at radius 1 is 1.00 bits per heavy atom. The predicted molar refractivity (Wildman–Crippen MR) is 89.0 cm³/mol. The van der Waals surface area contributed by atoms with Gasteiger partial charge in [0.15, 0.2) is 5.76 Å². The summed E-state index contributed by atoms with van der Waals surface area (Å²) in [6.07, 6.45) is 0. The number of hydrogen-bond donors (Lipinski definition) is 1. The molecule has 5 nitrogen and oxygen atoms in total. The highest BCUT2D eigenvalue weighted by Gasteiger charge is 2.19. The van der Waals surface area contributed by atoms with Crippen molar-refractivity contribution >= 4 is 0 Å².